The van der Waals surface area contributed by atoms with Crippen LogP contribution >= 0.6 is 0 Å². The second-order valence-electron chi connectivity index (χ2n) is 4.99. The zero-order valence-corrected chi connectivity index (χ0v) is 12.6. The molecule has 0 atom stereocenters. The molecule has 0 fully saturated rings. The Morgan fingerprint density at radius 2 is 2.04 bits per heavy atom. The molecule has 7 heteroatoms. The van der Waals surface area contributed by atoms with Gasteiger partial charge >= 0.3 is 5.63 Å². The number of rotatable bonds is 3. The molecule has 0 radical (unpaired) electrons. The van der Waals surface area contributed by atoms with Crippen molar-refractivity contribution < 1.29 is 13.7 Å². The topological polar surface area (TPSA) is 91.2 Å². The van der Waals surface area contributed by atoms with Crippen molar-refractivity contribution in [3.05, 3.63) is 59.1 Å². The Morgan fingerprint density at radius 1 is 1.12 bits per heavy atom. The summed E-state index contributed by atoms with van der Waals surface area (Å²) in [6, 6.07) is 12.1. The Labute approximate surface area is 135 Å². The Bertz CT molecular complexity index is 1070. The first kappa shape index (κ1) is 14.1. The summed E-state index contributed by atoms with van der Waals surface area (Å²) >= 11 is 0. The lowest BCUT2D eigenvalue weighted by Crippen LogP contribution is -2.03. The molecule has 4 rings (SSSR count). The van der Waals surface area contributed by atoms with Gasteiger partial charge in [0.1, 0.15) is 22.6 Å². The fraction of sp³-hybridized carbons (Fsp3) is 0.0588. The van der Waals surface area contributed by atoms with Gasteiger partial charge in [0.05, 0.1) is 7.11 Å². The molecule has 0 amide bonds. The van der Waals surface area contributed by atoms with Gasteiger partial charge in [-0.2, -0.15) is 4.98 Å². The van der Waals surface area contributed by atoms with Gasteiger partial charge in [-0.15, -0.1) is 0 Å². The van der Waals surface area contributed by atoms with Crippen LogP contribution in [0.2, 0.25) is 0 Å². The lowest BCUT2D eigenvalue weighted by Gasteiger charge is -2.02. The molecule has 24 heavy (non-hydrogen) atoms. The molecule has 3 heterocycles. The fourth-order valence-corrected chi connectivity index (χ4v) is 2.31. The Morgan fingerprint density at radius 3 is 2.83 bits per heavy atom. The van der Waals surface area contributed by atoms with Crippen molar-refractivity contribution in [1.29, 1.82) is 0 Å². The highest BCUT2D eigenvalue weighted by atomic mass is 16.5. The molecule has 7 nitrogen and oxygen atoms in total. The molecular formula is C17H11N3O4. The second kappa shape index (κ2) is 5.62. The molecule has 0 aliphatic rings. The van der Waals surface area contributed by atoms with E-state index in [-0.39, 0.29) is 11.5 Å². The molecule has 0 aliphatic carbocycles. The SMILES string of the molecule is COc1ccc2oc(=O)c(-c3nc(-c4ccccn4)no3)cc2c1. The van der Waals surface area contributed by atoms with Crippen LogP contribution in [-0.4, -0.2) is 22.2 Å². The molecule has 0 bridgehead atoms. The van der Waals surface area contributed by atoms with Gasteiger partial charge in [-0.25, -0.2) is 4.79 Å². The number of ether oxygens (including phenoxy) is 1. The molecular weight excluding hydrogens is 310 g/mol. The van der Waals surface area contributed by atoms with E-state index < -0.39 is 5.63 Å². The number of nitrogens with zero attached hydrogens (tertiary/aromatic N) is 3. The van der Waals surface area contributed by atoms with Crippen molar-refractivity contribution in [2.75, 3.05) is 7.11 Å². The van der Waals surface area contributed by atoms with Crippen LogP contribution in [0.15, 0.2) is 62.4 Å². The summed E-state index contributed by atoms with van der Waals surface area (Å²) in [6.45, 7) is 0. The third-order valence-corrected chi connectivity index (χ3v) is 3.49. The Kier molecular flexibility index (Phi) is 3.31. The first-order valence-electron chi connectivity index (χ1n) is 7.12. The van der Waals surface area contributed by atoms with Crippen LogP contribution in [0.3, 0.4) is 0 Å². The van der Waals surface area contributed by atoms with Crippen LogP contribution in [-0.2, 0) is 0 Å². The predicted molar refractivity (Wildman–Crippen MR) is 85.6 cm³/mol. The van der Waals surface area contributed by atoms with E-state index in [9.17, 15) is 4.79 Å². The van der Waals surface area contributed by atoms with Crippen LogP contribution in [0, 0.1) is 0 Å². The van der Waals surface area contributed by atoms with Gasteiger partial charge in [-0.05, 0) is 36.4 Å². The fourth-order valence-electron chi connectivity index (χ4n) is 2.31. The maximum absolute atomic E-state index is 12.2. The third kappa shape index (κ3) is 2.41. The summed E-state index contributed by atoms with van der Waals surface area (Å²) in [7, 11) is 1.57. The highest BCUT2D eigenvalue weighted by Gasteiger charge is 2.16. The van der Waals surface area contributed by atoms with Crippen LogP contribution in [0.4, 0.5) is 0 Å². The van der Waals surface area contributed by atoms with E-state index in [1.54, 1.807) is 49.7 Å². The lowest BCUT2D eigenvalue weighted by atomic mass is 10.2. The quantitative estimate of drug-likeness (QED) is 0.536. The average Bonchev–Trinajstić information content (AvgIpc) is 3.11. The van der Waals surface area contributed by atoms with Gasteiger partial charge in [0, 0.05) is 11.6 Å². The largest absolute Gasteiger partial charge is 0.497 e. The van der Waals surface area contributed by atoms with E-state index >= 15 is 0 Å². The maximum Gasteiger partial charge on any atom is 0.349 e. The molecule has 4 aromatic rings. The second-order valence-corrected chi connectivity index (χ2v) is 4.99. The first-order valence-corrected chi connectivity index (χ1v) is 7.12. The van der Waals surface area contributed by atoms with Gasteiger partial charge in [0.25, 0.3) is 5.89 Å². The molecule has 3 aromatic heterocycles. The van der Waals surface area contributed by atoms with Gasteiger partial charge < -0.3 is 13.7 Å². The van der Waals surface area contributed by atoms with Crippen LogP contribution in [0.1, 0.15) is 0 Å². The van der Waals surface area contributed by atoms with Crippen LogP contribution in [0.25, 0.3) is 33.9 Å². The third-order valence-electron chi connectivity index (χ3n) is 3.49. The van der Waals surface area contributed by atoms with Gasteiger partial charge in [0.2, 0.25) is 5.82 Å². The normalized spacial score (nSPS) is 10.9. The molecule has 0 unspecified atom stereocenters. The summed E-state index contributed by atoms with van der Waals surface area (Å²) in [5.74, 6) is 1.03. The first-order chi connectivity index (χ1) is 11.7. The van der Waals surface area contributed by atoms with E-state index in [1.807, 2.05) is 6.07 Å². The smallest absolute Gasteiger partial charge is 0.349 e. The Hall–Kier alpha value is -3.48. The minimum atomic E-state index is -0.552. The number of fused-ring (bicyclic) bond motifs is 1. The van der Waals surface area contributed by atoms with Crippen molar-refractivity contribution >= 4 is 11.0 Å². The predicted octanol–water partition coefficient (Wildman–Crippen LogP) is 2.91. The van der Waals surface area contributed by atoms with Gasteiger partial charge in [-0.3, -0.25) is 4.98 Å². The highest BCUT2D eigenvalue weighted by molar-refractivity contribution is 5.81. The molecule has 0 aliphatic heterocycles. The molecule has 118 valence electrons. The summed E-state index contributed by atoms with van der Waals surface area (Å²) in [5, 5.41) is 4.56. The summed E-state index contributed by atoms with van der Waals surface area (Å²) in [4.78, 5) is 20.6. The van der Waals surface area contributed by atoms with Crippen molar-refractivity contribution in [1.82, 2.24) is 15.1 Å². The van der Waals surface area contributed by atoms with Gasteiger partial charge in [0.15, 0.2) is 0 Å². The van der Waals surface area contributed by atoms with E-state index in [4.69, 9.17) is 13.7 Å². The number of hydrogen-bond donors (Lipinski definition) is 0. The molecule has 0 saturated carbocycles. The molecule has 1 aromatic carbocycles. The number of pyridine rings is 1. The van der Waals surface area contributed by atoms with Crippen molar-refractivity contribution in [3.8, 4) is 28.7 Å². The average molecular weight is 321 g/mol. The van der Waals surface area contributed by atoms with Crippen molar-refractivity contribution in [2.24, 2.45) is 0 Å². The molecule has 0 N–H and O–H groups in total. The van der Waals surface area contributed by atoms with E-state index in [2.05, 4.69) is 15.1 Å². The summed E-state index contributed by atoms with van der Waals surface area (Å²) in [6.07, 6.45) is 1.63. The summed E-state index contributed by atoms with van der Waals surface area (Å²) < 4.78 is 15.7. The number of aromatic nitrogens is 3. The zero-order valence-electron chi connectivity index (χ0n) is 12.6. The number of methoxy groups -OCH3 is 1. The van der Waals surface area contributed by atoms with Gasteiger partial charge in [-0.1, -0.05) is 11.2 Å². The summed E-state index contributed by atoms with van der Waals surface area (Å²) in [5.41, 5.74) is 0.641. The number of benzene rings is 1. The molecule has 0 saturated heterocycles. The Balaban J connectivity index is 1.83. The van der Waals surface area contributed by atoms with E-state index in [1.165, 1.54) is 0 Å². The minimum absolute atomic E-state index is 0.0779. The minimum Gasteiger partial charge on any atom is -0.497 e. The standard InChI is InChI=1S/C17H11N3O4/c1-22-11-5-6-14-10(8-11)9-12(17(21)23-14)16-19-15(20-24-16)13-4-2-3-7-18-13/h2-9H,1H3. The van der Waals surface area contributed by atoms with Crippen molar-refractivity contribution in [2.45, 2.75) is 0 Å². The highest BCUT2D eigenvalue weighted by Crippen LogP contribution is 2.24. The van der Waals surface area contributed by atoms with Crippen LogP contribution in [0.5, 0.6) is 5.75 Å². The zero-order chi connectivity index (χ0) is 16.5. The van der Waals surface area contributed by atoms with Crippen LogP contribution < -0.4 is 10.4 Å². The lowest BCUT2D eigenvalue weighted by molar-refractivity contribution is 0.415. The maximum atomic E-state index is 12.2. The monoisotopic (exact) mass is 321 g/mol. The van der Waals surface area contributed by atoms with E-state index in [0.717, 1.165) is 0 Å². The number of hydrogen-bond acceptors (Lipinski definition) is 7. The molecule has 0 spiro atoms. The van der Waals surface area contributed by atoms with E-state index in [0.29, 0.717) is 28.2 Å². The van der Waals surface area contributed by atoms with Crippen molar-refractivity contribution in [3.63, 3.8) is 0 Å².